The molecule has 0 fully saturated rings. The molecule has 0 aliphatic rings. The molecule has 5 heteroatoms. The lowest BCUT2D eigenvalue weighted by atomic mass is 10.1. The monoisotopic (exact) mass is 276 g/mol. The van der Waals surface area contributed by atoms with E-state index in [0.29, 0.717) is 17.2 Å². The zero-order valence-corrected chi connectivity index (χ0v) is 11.6. The number of nitrogens with zero attached hydrogens (tertiary/aromatic N) is 1. The van der Waals surface area contributed by atoms with Crippen LogP contribution in [0.1, 0.15) is 26.2 Å². The Balaban J connectivity index is 2.80. The lowest BCUT2D eigenvalue weighted by Gasteiger charge is -2.22. The minimum atomic E-state index is -0.759. The number of hydroxylamine groups is 1. The van der Waals surface area contributed by atoms with Crippen LogP contribution in [0, 0.1) is 0 Å². The van der Waals surface area contributed by atoms with E-state index in [1.807, 2.05) is 6.92 Å². The zero-order chi connectivity index (χ0) is 15.0. The largest absolute Gasteiger partial charge is 0.341 e. The van der Waals surface area contributed by atoms with Gasteiger partial charge in [-0.15, -0.1) is 0 Å². The van der Waals surface area contributed by atoms with Gasteiger partial charge in [-0.1, -0.05) is 44.5 Å². The van der Waals surface area contributed by atoms with Crippen molar-refractivity contribution in [2.75, 3.05) is 5.06 Å². The molecule has 0 aliphatic heterocycles. The smallest absolute Gasteiger partial charge is 0.273 e. The molecule has 2 N–H and O–H groups in total. The highest BCUT2D eigenvalue weighted by Gasteiger charge is 2.25. The van der Waals surface area contributed by atoms with Crippen molar-refractivity contribution >= 4 is 17.5 Å². The van der Waals surface area contributed by atoms with Crippen LogP contribution in [0.15, 0.2) is 43.0 Å². The van der Waals surface area contributed by atoms with E-state index < -0.39 is 17.9 Å². The van der Waals surface area contributed by atoms with Crippen LogP contribution in [0.4, 0.5) is 5.69 Å². The molecule has 1 aromatic rings. The van der Waals surface area contributed by atoms with Crippen LogP contribution < -0.4 is 10.4 Å². The van der Waals surface area contributed by atoms with Crippen molar-refractivity contribution < 1.29 is 14.8 Å². The predicted octanol–water partition coefficient (Wildman–Crippen LogP) is 2.27. The number of hydrogen-bond acceptors (Lipinski definition) is 3. The highest BCUT2D eigenvalue weighted by molar-refractivity contribution is 5.98. The van der Waals surface area contributed by atoms with Crippen LogP contribution in [-0.4, -0.2) is 23.1 Å². The average Bonchev–Trinajstić information content (AvgIpc) is 2.50. The number of nitrogens with one attached hydrogen (secondary N) is 1. The van der Waals surface area contributed by atoms with Gasteiger partial charge < -0.3 is 5.32 Å². The normalized spacial score (nSPS) is 11.5. The number of amides is 2. The standard InChI is InChI=1S/C15H20N2O3/c1-3-5-11-13(16-14(18)4-2)15(19)17(20)12-9-7-6-8-10-12/h4,6-10,13,20H,2-3,5,11H2,1H3,(H,16,18). The molecule has 5 nitrogen and oxygen atoms in total. The highest BCUT2D eigenvalue weighted by atomic mass is 16.5. The Kier molecular flexibility index (Phi) is 6.46. The molecule has 108 valence electrons. The first-order chi connectivity index (χ1) is 9.60. The number of para-hydroxylation sites is 1. The fraction of sp³-hybridized carbons (Fsp3) is 0.333. The molecule has 0 aliphatic carbocycles. The Bertz CT molecular complexity index is 459. The summed E-state index contributed by atoms with van der Waals surface area (Å²) in [6, 6.07) is 7.69. The van der Waals surface area contributed by atoms with Gasteiger partial charge in [-0.05, 0) is 24.6 Å². The molecule has 1 unspecified atom stereocenters. The summed E-state index contributed by atoms with van der Waals surface area (Å²) >= 11 is 0. The number of hydrogen-bond donors (Lipinski definition) is 2. The maximum absolute atomic E-state index is 12.2. The van der Waals surface area contributed by atoms with Crippen molar-refractivity contribution in [3.63, 3.8) is 0 Å². The number of benzene rings is 1. The van der Waals surface area contributed by atoms with Crippen LogP contribution in [0.5, 0.6) is 0 Å². The number of anilines is 1. The molecular formula is C15H20N2O3. The van der Waals surface area contributed by atoms with Crippen molar-refractivity contribution in [1.82, 2.24) is 5.32 Å². The molecule has 1 rings (SSSR count). The second-order valence-electron chi connectivity index (χ2n) is 4.39. The third-order valence-corrected chi connectivity index (χ3v) is 2.86. The van der Waals surface area contributed by atoms with E-state index in [1.54, 1.807) is 30.3 Å². The first-order valence-electron chi connectivity index (χ1n) is 6.61. The van der Waals surface area contributed by atoms with Gasteiger partial charge in [0.15, 0.2) is 0 Å². The number of carbonyl (C=O) groups is 2. The third kappa shape index (κ3) is 4.51. The minimum absolute atomic E-state index is 0.367. The van der Waals surface area contributed by atoms with Gasteiger partial charge in [-0.25, -0.2) is 0 Å². The SMILES string of the molecule is C=CC(=O)NC(CCCC)C(=O)N(O)c1ccccc1. The lowest BCUT2D eigenvalue weighted by Crippen LogP contribution is -2.47. The van der Waals surface area contributed by atoms with Gasteiger partial charge in [0.2, 0.25) is 5.91 Å². The fourth-order valence-electron chi connectivity index (χ4n) is 1.74. The number of carbonyl (C=O) groups excluding carboxylic acids is 2. The second kappa shape index (κ2) is 8.12. The molecule has 1 atom stereocenters. The maximum atomic E-state index is 12.2. The Morgan fingerprint density at radius 1 is 1.40 bits per heavy atom. The van der Waals surface area contributed by atoms with E-state index in [1.165, 1.54) is 0 Å². The summed E-state index contributed by atoms with van der Waals surface area (Å²) in [5.74, 6) is -0.985. The summed E-state index contributed by atoms with van der Waals surface area (Å²) in [5.41, 5.74) is 0.367. The first-order valence-corrected chi connectivity index (χ1v) is 6.61. The lowest BCUT2D eigenvalue weighted by molar-refractivity contribution is -0.129. The van der Waals surface area contributed by atoms with Crippen LogP contribution in [0.25, 0.3) is 0 Å². The zero-order valence-electron chi connectivity index (χ0n) is 11.6. The number of rotatable bonds is 7. The van der Waals surface area contributed by atoms with E-state index in [2.05, 4.69) is 11.9 Å². The Morgan fingerprint density at radius 2 is 2.05 bits per heavy atom. The van der Waals surface area contributed by atoms with Crippen molar-refractivity contribution in [1.29, 1.82) is 0 Å². The molecule has 2 amide bonds. The average molecular weight is 276 g/mol. The summed E-state index contributed by atoms with van der Waals surface area (Å²) in [5, 5.41) is 13.1. The Hall–Kier alpha value is -2.14. The van der Waals surface area contributed by atoms with Gasteiger partial charge in [-0.3, -0.25) is 14.8 Å². The van der Waals surface area contributed by atoms with Crippen LogP contribution in [0.2, 0.25) is 0 Å². The topological polar surface area (TPSA) is 69.6 Å². The fourth-order valence-corrected chi connectivity index (χ4v) is 1.74. The molecule has 0 radical (unpaired) electrons. The predicted molar refractivity (Wildman–Crippen MR) is 77.4 cm³/mol. The molecule has 1 aromatic carbocycles. The number of unbranched alkanes of at least 4 members (excludes halogenated alkanes) is 1. The van der Waals surface area contributed by atoms with Gasteiger partial charge in [0.25, 0.3) is 5.91 Å². The quantitative estimate of drug-likeness (QED) is 0.456. The summed E-state index contributed by atoms with van der Waals surface area (Å²) < 4.78 is 0. The van der Waals surface area contributed by atoms with Crippen LogP contribution in [0.3, 0.4) is 0 Å². The summed E-state index contributed by atoms with van der Waals surface area (Å²) in [6.45, 7) is 5.35. The van der Waals surface area contributed by atoms with E-state index >= 15 is 0 Å². The van der Waals surface area contributed by atoms with Crippen molar-refractivity contribution in [3.05, 3.63) is 43.0 Å². The molecule has 0 saturated carbocycles. The van der Waals surface area contributed by atoms with Crippen molar-refractivity contribution in [3.8, 4) is 0 Å². The van der Waals surface area contributed by atoms with E-state index in [4.69, 9.17) is 0 Å². The molecular weight excluding hydrogens is 256 g/mol. The van der Waals surface area contributed by atoms with Crippen LogP contribution in [-0.2, 0) is 9.59 Å². The molecule has 0 saturated heterocycles. The van der Waals surface area contributed by atoms with Crippen molar-refractivity contribution in [2.45, 2.75) is 32.2 Å². The molecule has 0 spiro atoms. The van der Waals surface area contributed by atoms with Gasteiger partial charge >= 0.3 is 0 Å². The second-order valence-corrected chi connectivity index (χ2v) is 4.39. The van der Waals surface area contributed by atoms with Gasteiger partial charge in [0, 0.05) is 0 Å². The molecule has 20 heavy (non-hydrogen) atoms. The van der Waals surface area contributed by atoms with Crippen molar-refractivity contribution in [2.24, 2.45) is 0 Å². The first kappa shape index (κ1) is 15.9. The third-order valence-electron chi connectivity index (χ3n) is 2.86. The summed E-state index contributed by atoms with van der Waals surface area (Å²) in [4.78, 5) is 23.6. The molecule has 0 heterocycles. The van der Waals surface area contributed by atoms with E-state index in [9.17, 15) is 14.8 Å². The highest BCUT2D eigenvalue weighted by Crippen LogP contribution is 2.14. The summed E-state index contributed by atoms with van der Waals surface area (Å²) in [6.07, 6.45) is 3.25. The van der Waals surface area contributed by atoms with Gasteiger partial charge in [0.05, 0.1) is 5.69 Å². The molecule has 0 bridgehead atoms. The molecule has 0 aromatic heterocycles. The Labute approximate surface area is 118 Å². The van der Waals surface area contributed by atoms with E-state index in [-0.39, 0.29) is 0 Å². The van der Waals surface area contributed by atoms with E-state index in [0.717, 1.165) is 18.9 Å². The Morgan fingerprint density at radius 3 is 2.60 bits per heavy atom. The van der Waals surface area contributed by atoms with Gasteiger partial charge in [0.1, 0.15) is 6.04 Å². The van der Waals surface area contributed by atoms with Crippen LogP contribution >= 0.6 is 0 Å². The summed E-state index contributed by atoms with van der Waals surface area (Å²) in [7, 11) is 0. The minimum Gasteiger partial charge on any atom is -0.341 e. The maximum Gasteiger partial charge on any atom is 0.273 e. The van der Waals surface area contributed by atoms with Gasteiger partial charge in [-0.2, -0.15) is 5.06 Å².